The van der Waals surface area contributed by atoms with Gasteiger partial charge in [0.2, 0.25) is 5.91 Å². The number of hydrogen-bond donors (Lipinski definition) is 1. The number of benzene rings is 2. The Balaban J connectivity index is 2.01. The molecule has 0 aliphatic heterocycles. The monoisotopic (exact) mass is 392 g/mol. The van der Waals surface area contributed by atoms with E-state index in [2.05, 4.69) is 10.1 Å². The Labute approximate surface area is 164 Å². The van der Waals surface area contributed by atoms with Gasteiger partial charge in [0.05, 0.1) is 19.2 Å². The Kier molecular flexibility index (Phi) is 7.75. The van der Waals surface area contributed by atoms with Crippen molar-refractivity contribution in [2.75, 3.05) is 14.2 Å². The highest BCUT2D eigenvalue weighted by Crippen LogP contribution is 2.30. The van der Waals surface area contributed by atoms with Crippen molar-refractivity contribution in [1.82, 2.24) is 10.2 Å². The number of ether oxygens (including phenoxy) is 2. The zero-order valence-electron chi connectivity index (χ0n) is 16.5. The highest BCUT2D eigenvalue weighted by molar-refractivity contribution is 5.81. The second kappa shape index (κ2) is 10.0. The number of rotatable bonds is 9. The van der Waals surface area contributed by atoms with Crippen LogP contribution in [0, 0.1) is 0 Å². The third kappa shape index (κ3) is 5.92. The molecule has 0 saturated heterocycles. The van der Waals surface area contributed by atoms with Gasteiger partial charge in [-0.15, -0.1) is 0 Å². The lowest BCUT2D eigenvalue weighted by Gasteiger charge is -2.26. The van der Waals surface area contributed by atoms with Gasteiger partial charge in [-0.1, -0.05) is 36.4 Å². The Morgan fingerprint density at radius 2 is 1.79 bits per heavy atom. The minimum absolute atomic E-state index is 0.0294. The number of nitrogens with one attached hydrogen (secondary N) is 1. The normalized spacial score (nSPS) is 13.3. The number of carbonyl (C=O) groups excluding carboxylic acids is 1. The maximum absolute atomic E-state index is 12.6. The van der Waals surface area contributed by atoms with Gasteiger partial charge in [0.1, 0.15) is 0 Å². The lowest BCUT2D eigenvalue weighted by molar-refractivity contribution is -0.126. The highest BCUT2D eigenvalue weighted by Gasteiger charge is 2.21. The minimum Gasteiger partial charge on any atom is -0.493 e. The molecule has 0 spiro atoms. The van der Waals surface area contributed by atoms with Crippen molar-refractivity contribution in [3.8, 4) is 11.5 Å². The number of halogens is 2. The van der Waals surface area contributed by atoms with E-state index in [-0.39, 0.29) is 23.4 Å². The predicted molar refractivity (Wildman–Crippen MR) is 104 cm³/mol. The van der Waals surface area contributed by atoms with Crippen LogP contribution in [-0.2, 0) is 11.3 Å². The third-order valence-electron chi connectivity index (χ3n) is 4.58. The molecule has 28 heavy (non-hydrogen) atoms. The molecule has 0 fully saturated rings. The van der Waals surface area contributed by atoms with Gasteiger partial charge in [-0.2, -0.15) is 8.78 Å². The van der Waals surface area contributed by atoms with Crippen LogP contribution in [0.1, 0.15) is 31.0 Å². The summed E-state index contributed by atoms with van der Waals surface area (Å²) in [6, 6.07) is 14.0. The smallest absolute Gasteiger partial charge is 0.387 e. The average molecular weight is 392 g/mol. The fraction of sp³-hybridized carbons (Fsp3) is 0.381. The van der Waals surface area contributed by atoms with E-state index in [1.165, 1.54) is 13.2 Å². The molecule has 2 aromatic carbocycles. The summed E-state index contributed by atoms with van der Waals surface area (Å²) < 4.78 is 34.7. The van der Waals surface area contributed by atoms with E-state index in [1.807, 2.05) is 42.2 Å². The molecule has 2 aromatic rings. The molecule has 0 radical (unpaired) electrons. The van der Waals surface area contributed by atoms with Crippen LogP contribution in [0.5, 0.6) is 11.5 Å². The maximum Gasteiger partial charge on any atom is 0.387 e. The van der Waals surface area contributed by atoms with Gasteiger partial charge in [-0.25, -0.2) is 0 Å². The fourth-order valence-electron chi connectivity index (χ4n) is 2.79. The molecule has 5 nitrogen and oxygen atoms in total. The molecule has 0 aromatic heterocycles. The Hall–Kier alpha value is -2.67. The molecule has 2 unspecified atom stereocenters. The summed E-state index contributed by atoms with van der Waals surface area (Å²) >= 11 is 0. The number of carbonyl (C=O) groups is 1. The molecule has 7 heteroatoms. The van der Waals surface area contributed by atoms with Gasteiger partial charge in [0, 0.05) is 6.54 Å². The van der Waals surface area contributed by atoms with Gasteiger partial charge in [-0.05, 0) is 44.2 Å². The van der Waals surface area contributed by atoms with Crippen LogP contribution < -0.4 is 14.8 Å². The van der Waals surface area contributed by atoms with E-state index in [9.17, 15) is 13.6 Å². The van der Waals surface area contributed by atoms with Crippen LogP contribution in [0.3, 0.4) is 0 Å². The second-order valence-corrected chi connectivity index (χ2v) is 6.60. The topological polar surface area (TPSA) is 50.8 Å². The van der Waals surface area contributed by atoms with Crippen molar-refractivity contribution in [2.45, 2.75) is 39.1 Å². The number of alkyl halides is 2. The lowest BCUT2D eigenvalue weighted by Crippen LogP contribution is -2.43. The molecule has 0 bridgehead atoms. The fourth-order valence-corrected chi connectivity index (χ4v) is 2.79. The molecule has 0 aliphatic carbocycles. The maximum atomic E-state index is 12.6. The first kappa shape index (κ1) is 21.6. The summed E-state index contributed by atoms with van der Waals surface area (Å²) in [4.78, 5) is 14.4. The largest absolute Gasteiger partial charge is 0.493 e. The molecule has 2 atom stereocenters. The van der Waals surface area contributed by atoms with Gasteiger partial charge >= 0.3 is 6.61 Å². The summed E-state index contributed by atoms with van der Waals surface area (Å²) in [7, 11) is 3.19. The van der Waals surface area contributed by atoms with E-state index in [0.29, 0.717) is 6.54 Å². The van der Waals surface area contributed by atoms with Crippen LogP contribution in [-0.4, -0.2) is 37.6 Å². The minimum atomic E-state index is -2.94. The molecule has 2 rings (SSSR count). The molecule has 0 aliphatic rings. The van der Waals surface area contributed by atoms with Crippen molar-refractivity contribution >= 4 is 5.91 Å². The molecule has 1 N–H and O–H groups in total. The van der Waals surface area contributed by atoms with Crippen LogP contribution in [0.15, 0.2) is 48.5 Å². The first-order valence-electron chi connectivity index (χ1n) is 8.99. The van der Waals surface area contributed by atoms with E-state index >= 15 is 0 Å². The van der Waals surface area contributed by atoms with Crippen molar-refractivity contribution in [1.29, 1.82) is 0 Å². The Bertz CT molecular complexity index is 772. The number of likely N-dealkylation sites (N-methyl/N-ethyl adjacent to an activating group) is 1. The third-order valence-corrected chi connectivity index (χ3v) is 4.58. The van der Waals surface area contributed by atoms with Gasteiger partial charge in [-0.3, -0.25) is 9.69 Å². The van der Waals surface area contributed by atoms with E-state index in [0.717, 1.165) is 11.1 Å². The second-order valence-electron chi connectivity index (χ2n) is 6.60. The quantitative estimate of drug-likeness (QED) is 0.701. The van der Waals surface area contributed by atoms with Crippen LogP contribution in [0.4, 0.5) is 8.78 Å². The van der Waals surface area contributed by atoms with Gasteiger partial charge in [0.15, 0.2) is 11.5 Å². The van der Waals surface area contributed by atoms with Gasteiger partial charge < -0.3 is 14.8 Å². The number of amides is 1. The Morgan fingerprint density at radius 1 is 1.11 bits per heavy atom. The first-order chi connectivity index (χ1) is 13.3. The van der Waals surface area contributed by atoms with Crippen molar-refractivity contribution < 1.29 is 23.0 Å². The average Bonchev–Trinajstić information content (AvgIpc) is 2.67. The Morgan fingerprint density at radius 3 is 2.39 bits per heavy atom. The summed E-state index contributed by atoms with van der Waals surface area (Å²) in [5, 5.41) is 2.99. The van der Waals surface area contributed by atoms with Crippen LogP contribution in [0.25, 0.3) is 0 Å². The zero-order chi connectivity index (χ0) is 20.7. The number of nitrogens with zero attached hydrogens (tertiary/aromatic N) is 1. The summed E-state index contributed by atoms with van der Waals surface area (Å²) in [6.07, 6.45) is 0. The molecule has 1 amide bonds. The van der Waals surface area contributed by atoms with E-state index in [1.54, 1.807) is 26.1 Å². The van der Waals surface area contributed by atoms with Crippen molar-refractivity contribution in [3.63, 3.8) is 0 Å². The molecule has 0 saturated carbocycles. The highest BCUT2D eigenvalue weighted by atomic mass is 19.3. The van der Waals surface area contributed by atoms with E-state index < -0.39 is 12.7 Å². The molecule has 0 heterocycles. The predicted octanol–water partition coefficient (Wildman–Crippen LogP) is 3.99. The van der Waals surface area contributed by atoms with E-state index in [4.69, 9.17) is 4.74 Å². The summed E-state index contributed by atoms with van der Waals surface area (Å²) in [5.41, 5.74) is 1.75. The van der Waals surface area contributed by atoms with Crippen molar-refractivity contribution in [2.24, 2.45) is 0 Å². The first-order valence-corrected chi connectivity index (χ1v) is 8.99. The van der Waals surface area contributed by atoms with Gasteiger partial charge in [0.25, 0.3) is 0 Å². The zero-order valence-corrected chi connectivity index (χ0v) is 16.5. The number of hydrogen-bond acceptors (Lipinski definition) is 4. The summed E-state index contributed by atoms with van der Waals surface area (Å²) in [6.45, 7) is 1.17. The molecule has 152 valence electrons. The summed E-state index contributed by atoms with van der Waals surface area (Å²) in [5.74, 6) is 0.0869. The van der Waals surface area contributed by atoms with Crippen molar-refractivity contribution in [3.05, 3.63) is 59.7 Å². The van der Waals surface area contributed by atoms with Crippen LogP contribution in [0.2, 0.25) is 0 Å². The SMILES string of the molecule is COc1ccc(CN(C)C(C)C(=O)NC(C)c2ccccc2)cc1OC(F)F. The molecular formula is C21H26F2N2O3. The molecular weight excluding hydrogens is 366 g/mol. The number of methoxy groups -OCH3 is 1. The standard InChI is InChI=1S/C21H26F2N2O3/c1-14(17-8-6-5-7-9-17)24-20(26)15(2)25(3)13-16-10-11-18(27-4)19(12-16)28-21(22)23/h5-12,14-15,21H,13H2,1-4H3,(H,24,26). The lowest BCUT2D eigenvalue weighted by atomic mass is 10.1. The van der Waals surface area contributed by atoms with Crippen LogP contribution >= 0.6 is 0 Å².